The summed E-state index contributed by atoms with van der Waals surface area (Å²) in [6, 6.07) is 0.437. The molecule has 2 fully saturated rings. The molecule has 0 radical (unpaired) electrons. The second-order valence-electron chi connectivity index (χ2n) is 8.15. The maximum Gasteiger partial charge on any atom is 0.345 e. The van der Waals surface area contributed by atoms with E-state index in [4.69, 9.17) is 0 Å². The van der Waals surface area contributed by atoms with E-state index in [1.54, 1.807) is 11.6 Å². The van der Waals surface area contributed by atoms with Gasteiger partial charge in [0.05, 0.1) is 0 Å². The molecule has 3 rings (SSSR count). The molecule has 1 N–H and O–H groups in total. The first-order valence-corrected chi connectivity index (χ1v) is 10.2. The second kappa shape index (κ2) is 8.27. The molecule has 1 saturated carbocycles. The van der Waals surface area contributed by atoms with Crippen LogP contribution in [0, 0.1) is 0 Å². The molecule has 146 valence electrons. The van der Waals surface area contributed by atoms with E-state index in [0.29, 0.717) is 12.6 Å². The van der Waals surface area contributed by atoms with Gasteiger partial charge in [-0.15, -0.1) is 0 Å². The third-order valence-corrected chi connectivity index (χ3v) is 5.76. The average molecular weight is 364 g/mol. The highest BCUT2D eigenvalue weighted by Crippen LogP contribution is 2.27. The number of aryl methyl sites for hydroxylation is 1. The summed E-state index contributed by atoms with van der Waals surface area (Å²) in [5.74, 6) is 0.944. The van der Waals surface area contributed by atoms with Gasteiger partial charge in [-0.1, -0.05) is 25.7 Å². The first-order valence-electron chi connectivity index (χ1n) is 10.2. The molecule has 7 nitrogen and oxygen atoms in total. The highest BCUT2D eigenvalue weighted by atomic mass is 16.2. The Bertz CT molecular complexity index is 670. The fraction of sp³-hybridized carbons (Fsp3) is 0.842. The topological polar surface area (TPSA) is 72.2 Å². The largest absolute Gasteiger partial charge is 0.345 e. The maximum absolute atomic E-state index is 12.8. The first kappa shape index (κ1) is 19.0. The van der Waals surface area contributed by atoms with E-state index in [0.717, 1.165) is 38.1 Å². The molecule has 1 atom stereocenters. The number of amides is 2. The highest BCUT2D eigenvalue weighted by Gasteiger charge is 2.30. The van der Waals surface area contributed by atoms with Crippen molar-refractivity contribution in [3.05, 3.63) is 16.3 Å². The number of hydrogen-bond donors (Lipinski definition) is 1. The van der Waals surface area contributed by atoms with Crippen LogP contribution in [0.25, 0.3) is 0 Å². The Morgan fingerprint density at radius 2 is 1.81 bits per heavy atom. The lowest BCUT2D eigenvalue weighted by Gasteiger charge is -2.33. The summed E-state index contributed by atoms with van der Waals surface area (Å²) in [7, 11) is 1.70. The number of hydrogen-bond acceptors (Lipinski definition) is 3. The zero-order valence-corrected chi connectivity index (χ0v) is 16.4. The van der Waals surface area contributed by atoms with Gasteiger partial charge < -0.3 is 10.2 Å². The second-order valence-corrected chi connectivity index (χ2v) is 8.15. The Kier molecular flexibility index (Phi) is 6.04. The molecule has 0 bridgehead atoms. The third-order valence-electron chi connectivity index (χ3n) is 5.76. The lowest BCUT2D eigenvalue weighted by Crippen LogP contribution is -2.48. The van der Waals surface area contributed by atoms with Crippen molar-refractivity contribution in [3.8, 4) is 0 Å². The fourth-order valence-electron chi connectivity index (χ4n) is 4.32. The smallest absolute Gasteiger partial charge is 0.335 e. The number of nitrogens with zero attached hydrogens (tertiary/aromatic N) is 4. The van der Waals surface area contributed by atoms with Gasteiger partial charge in [-0.25, -0.2) is 14.3 Å². The normalized spacial score (nSPS) is 22.5. The van der Waals surface area contributed by atoms with E-state index < -0.39 is 0 Å². The van der Waals surface area contributed by atoms with Crippen LogP contribution in [0.1, 0.15) is 83.0 Å². The van der Waals surface area contributed by atoms with Gasteiger partial charge in [0.1, 0.15) is 5.82 Å². The molecule has 2 amide bonds. The standard InChI is InChI=1S/C19H33N5O2/c1-14(2)24-17(21-22(3)19(24)26)15-9-8-12-23(13-15)18(25)20-16-10-6-4-5-7-11-16/h14-16H,4-13H2,1-3H3,(H,20,25). The molecule has 1 aromatic heterocycles. The molecule has 2 heterocycles. The van der Waals surface area contributed by atoms with Crippen LogP contribution in [0.4, 0.5) is 4.79 Å². The number of carbonyl (C=O) groups is 1. The van der Waals surface area contributed by atoms with Crippen LogP contribution in [0.5, 0.6) is 0 Å². The maximum atomic E-state index is 12.8. The number of likely N-dealkylation sites (tertiary alicyclic amines) is 1. The summed E-state index contributed by atoms with van der Waals surface area (Å²) >= 11 is 0. The summed E-state index contributed by atoms with van der Waals surface area (Å²) in [5, 5.41) is 7.73. The number of aromatic nitrogens is 3. The molecule has 1 aliphatic heterocycles. The Morgan fingerprint density at radius 1 is 1.12 bits per heavy atom. The number of nitrogens with one attached hydrogen (secondary N) is 1. The quantitative estimate of drug-likeness (QED) is 0.839. The van der Waals surface area contributed by atoms with Crippen LogP contribution < -0.4 is 11.0 Å². The Balaban J connectivity index is 1.68. The average Bonchev–Trinajstić information content (AvgIpc) is 2.78. The zero-order valence-electron chi connectivity index (χ0n) is 16.4. The lowest BCUT2D eigenvalue weighted by atomic mass is 9.97. The zero-order chi connectivity index (χ0) is 18.7. The van der Waals surface area contributed by atoms with Crippen molar-refractivity contribution in [2.24, 2.45) is 7.05 Å². The molecular weight excluding hydrogens is 330 g/mol. The van der Waals surface area contributed by atoms with Crippen molar-refractivity contribution in [1.29, 1.82) is 0 Å². The molecule has 1 aliphatic carbocycles. The summed E-state index contributed by atoms with van der Waals surface area (Å²) in [5.41, 5.74) is -0.0740. The van der Waals surface area contributed by atoms with E-state index in [1.807, 2.05) is 18.7 Å². The third kappa shape index (κ3) is 4.13. The van der Waals surface area contributed by atoms with Gasteiger partial charge in [0.15, 0.2) is 0 Å². The molecule has 26 heavy (non-hydrogen) atoms. The fourth-order valence-corrected chi connectivity index (χ4v) is 4.32. The summed E-state index contributed by atoms with van der Waals surface area (Å²) in [6.07, 6.45) is 9.09. The molecule has 1 saturated heterocycles. The van der Waals surface area contributed by atoms with Crippen LogP contribution >= 0.6 is 0 Å². The number of carbonyl (C=O) groups excluding carboxylic acids is 1. The van der Waals surface area contributed by atoms with Gasteiger partial charge in [0.2, 0.25) is 0 Å². The predicted octanol–water partition coefficient (Wildman–Crippen LogP) is 2.77. The van der Waals surface area contributed by atoms with E-state index in [9.17, 15) is 9.59 Å². The molecular formula is C19H33N5O2. The van der Waals surface area contributed by atoms with Gasteiger partial charge in [-0.3, -0.25) is 4.57 Å². The van der Waals surface area contributed by atoms with Crippen LogP contribution in [-0.2, 0) is 7.05 Å². The van der Waals surface area contributed by atoms with Gasteiger partial charge in [0, 0.05) is 38.1 Å². The number of piperidine rings is 1. The minimum atomic E-state index is -0.0740. The van der Waals surface area contributed by atoms with Crippen LogP contribution in [0.3, 0.4) is 0 Å². The van der Waals surface area contributed by atoms with Gasteiger partial charge >= 0.3 is 11.7 Å². The van der Waals surface area contributed by atoms with E-state index in [-0.39, 0.29) is 23.7 Å². The summed E-state index contributed by atoms with van der Waals surface area (Å²) in [6.45, 7) is 5.44. The minimum Gasteiger partial charge on any atom is -0.335 e. The SMILES string of the molecule is CC(C)n1c(C2CCCN(C(=O)NC3CCCCCC3)C2)nn(C)c1=O. The predicted molar refractivity (Wildman–Crippen MR) is 101 cm³/mol. The number of urea groups is 1. The Morgan fingerprint density at radius 3 is 2.46 bits per heavy atom. The molecule has 7 heteroatoms. The van der Waals surface area contributed by atoms with Crippen molar-refractivity contribution in [2.75, 3.05) is 13.1 Å². The molecule has 1 unspecified atom stereocenters. The molecule has 0 spiro atoms. The first-order chi connectivity index (χ1) is 12.5. The van der Waals surface area contributed by atoms with Crippen molar-refractivity contribution in [1.82, 2.24) is 24.6 Å². The van der Waals surface area contributed by atoms with Crippen molar-refractivity contribution in [3.63, 3.8) is 0 Å². The van der Waals surface area contributed by atoms with Gasteiger partial charge in [-0.2, -0.15) is 5.10 Å². The molecule has 1 aromatic rings. The monoisotopic (exact) mass is 363 g/mol. The Hall–Kier alpha value is -1.79. The van der Waals surface area contributed by atoms with Crippen molar-refractivity contribution < 1.29 is 4.79 Å². The Labute approximate surface area is 155 Å². The summed E-state index contributed by atoms with van der Waals surface area (Å²) in [4.78, 5) is 27.0. The molecule has 2 aliphatic rings. The highest BCUT2D eigenvalue weighted by molar-refractivity contribution is 5.74. The van der Waals surface area contributed by atoms with Crippen LogP contribution in [0.15, 0.2) is 4.79 Å². The van der Waals surface area contributed by atoms with Crippen molar-refractivity contribution in [2.45, 2.75) is 83.2 Å². The summed E-state index contributed by atoms with van der Waals surface area (Å²) < 4.78 is 3.19. The van der Waals surface area contributed by atoms with Crippen molar-refractivity contribution >= 4 is 6.03 Å². The molecule has 0 aromatic carbocycles. The van der Waals surface area contributed by atoms with E-state index >= 15 is 0 Å². The number of rotatable bonds is 3. The van der Waals surface area contributed by atoms with E-state index in [2.05, 4.69) is 10.4 Å². The van der Waals surface area contributed by atoms with Crippen LogP contribution in [0.2, 0.25) is 0 Å². The van der Waals surface area contributed by atoms with Gasteiger partial charge in [-0.05, 0) is 39.5 Å². The van der Waals surface area contributed by atoms with E-state index in [1.165, 1.54) is 30.4 Å². The minimum absolute atomic E-state index is 0.0518. The van der Waals surface area contributed by atoms with Gasteiger partial charge in [0.25, 0.3) is 0 Å². The lowest BCUT2D eigenvalue weighted by molar-refractivity contribution is 0.172. The van der Waals surface area contributed by atoms with Crippen LogP contribution in [-0.4, -0.2) is 44.4 Å².